The molecule has 0 fully saturated rings. The minimum absolute atomic E-state index is 0.0712. The molecule has 0 spiro atoms. The van der Waals surface area contributed by atoms with Gasteiger partial charge in [-0.1, -0.05) is 6.92 Å². The molecule has 1 aliphatic heterocycles. The molecule has 112 valence electrons. The van der Waals surface area contributed by atoms with E-state index in [4.69, 9.17) is 10.5 Å². The van der Waals surface area contributed by atoms with Gasteiger partial charge in [0.15, 0.2) is 0 Å². The molecule has 4 heteroatoms. The van der Waals surface area contributed by atoms with Crippen LogP contribution in [0.2, 0.25) is 0 Å². The molecule has 2 heterocycles. The van der Waals surface area contributed by atoms with Crippen molar-refractivity contribution in [2.75, 3.05) is 0 Å². The fourth-order valence-electron chi connectivity index (χ4n) is 2.80. The van der Waals surface area contributed by atoms with E-state index >= 15 is 0 Å². The maximum Gasteiger partial charge on any atom is 0.123 e. The Morgan fingerprint density at radius 3 is 3.10 bits per heavy atom. The molecule has 3 nitrogen and oxygen atoms in total. The highest BCUT2D eigenvalue weighted by atomic mass is 19.1. The molecule has 0 radical (unpaired) electrons. The Morgan fingerprint density at radius 2 is 2.29 bits per heavy atom. The molecule has 1 aliphatic rings. The van der Waals surface area contributed by atoms with Crippen LogP contribution in [-0.4, -0.2) is 16.7 Å². The zero-order chi connectivity index (χ0) is 14.8. The van der Waals surface area contributed by atoms with Gasteiger partial charge in [-0.3, -0.25) is 0 Å². The molecule has 21 heavy (non-hydrogen) atoms. The summed E-state index contributed by atoms with van der Waals surface area (Å²) < 4.78 is 21.2. The lowest BCUT2D eigenvalue weighted by atomic mass is 10.1. The molecule has 0 aliphatic carbocycles. The van der Waals surface area contributed by atoms with Crippen LogP contribution in [0.3, 0.4) is 0 Å². The fourth-order valence-corrected chi connectivity index (χ4v) is 2.80. The largest absolute Gasteiger partial charge is 0.488 e. The van der Waals surface area contributed by atoms with Gasteiger partial charge >= 0.3 is 0 Å². The highest BCUT2D eigenvalue weighted by Gasteiger charge is 2.23. The van der Waals surface area contributed by atoms with Gasteiger partial charge in [-0.2, -0.15) is 0 Å². The quantitative estimate of drug-likeness (QED) is 0.919. The molecule has 0 bridgehead atoms. The summed E-state index contributed by atoms with van der Waals surface area (Å²) in [6.45, 7) is 2.88. The number of hydrogen-bond acceptors (Lipinski definition) is 2. The van der Waals surface area contributed by atoms with Crippen LogP contribution in [0.4, 0.5) is 4.39 Å². The summed E-state index contributed by atoms with van der Waals surface area (Å²) in [7, 11) is 0. The predicted molar refractivity (Wildman–Crippen MR) is 80.9 cm³/mol. The average Bonchev–Trinajstić information content (AvgIpc) is 3.05. The van der Waals surface area contributed by atoms with Crippen molar-refractivity contribution in [3.05, 3.63) is 53.6 Å². The van der Waals surface area contributed by atoms with Gasteiger partial charge in [0, 0.05) is 30.4 Å². The average molecular weight is 288 g/mol. The summed E-state index contributed by atoms with van der Waals surface area (Å²) in [6.07, 6.45) is 6.90. The highest BCUT2D eigenvalue weighted by Crippen LogP contribution is 2.29. The van der Waals surface area contributed by atoms with Gasteiger partial charge in [-0.25, -0.2) is 4.39 Å². The third-order valence-electron chi connectivity index (χ3n) is 4.01. The van der Waals surface area contributed by atoms with E-state index in [1.54, 1.807) is 12.1 Å². The normalized spacial score (nSPS) is 18.3. The van der Waals surface area contributed by atoms with Crippen molar-refractivity contribution in [1.29, 1.82) is 0 Å². The molecule has 2 aromatic rings. The monoisotopic (exact) mass is 288 g/mol. The third kappa shape index (κ3) is 3.27. The van der Waals surface area contributed by atoms with Gasteiger partial charge in [-0.15, -0.1) is 0 Å². The topological polar surface area (TPSA) is 40.2 Å². The summed E-state index contributed by atoms with van der Waals surface area (Å²) in [5, 5.41) is 0. The lowest BCUT2D eigenvalue weighted by molar-refractivity contribution is 0.209. The van der Waals surface area contributed by atoms with E-state index in [0.717, 1.165) is 37.1 Å². The maximum absolute atomic E-state index is 13.2. The summed E-state index contributed by atoms with van der Waals surface area (Å²) >= 11 is 0. The first-order valence-corrected chi connectivity index (χ1v) is 7.49. The number of aromatic nitrogens is 1. The number of nitrogens with two attached hydrogens (primary N) is 1. The van der Waals surface area contributed by atoms with Gasteiger partial charge < -0.3 is 15.0 Å². The zero-order valence-corrected chi connectivity index (χ0v) is 12.3. The van der Waals surface area contributed by atoms with Crippen LogP contribution in [0, 0.1) is 5.82 Å². The molecular weight excluding hydrogens is 267 g/mol. The lowest BCUT2D eigenvalue weighted by Gasteiger charge is -2.11. The second-order valence-corrected chi connectivity index (χ2v) is 5.79. The molecule has 1 aromatic carbocycles. The van der Waals surface area contributed by atoms with Crippen LogP contribution >= 0.6 is 0 Å². The van der Waals surface area contributed by atoms with E-state index in [1.807, 2.05) is 0 Å². The third-order valence-corrected chi connectivity index (χ3v) is 4.01. The van der Waals surface area contributed by atoms with E-state index < -0.39 is 0 Å². The van der Waals surface area contributed by atoms with E-state index in [0.29, 0.717) is 0 Å². The van der Waals surface area contributed by atoms with E-state index in [2.05, 4.69) is 30.0 Å². The second kappa shape index (κ2) is 5.90. The van der Waals surface area contributed by atoms with Gasteiger partial charge in [0.2, 0.25) is 0 Å². The second-order valence-electron chi connectivity index (χ2n) is 5.79. The standard InChI is InChI=1S/C17H21FN2O/c1-2-15(19)7-12-5-6-20(10-12)11-16-9-13-8-14(18)3-4-17(13)21-16/h3-6,8,10,15-16H,2,7,9,11,19H2,1H3. The molecule has 0 amide bonds. The van der Waals surface area contributed by atoms with Gasteiger partial charge in [0.05, 0.1) is 6.54 Å². The van der Waals surface area contributed by atoms with E-state index in [9.17, 15) is 4.39 Å². The number of fused-ring (bicyclic) bond motifs is 1. The van der Waals surface area contributed by atoms with Crippen LogP contribution in [0.5, 0.6) is 5.75 Å². The summed E-state index contributed by atoms with van der Waals surface area (Å²) in [5.41, 5.74) is 8.19. The molecule has 0 saturated carbocycles. The number of rotatable bonds is 5. The van der Waals surface area contributed by atoms with Gasteiger partial charge in [0.25, 0.3) is 0 Å². The highest BCUT2D eigenvalue weighted by molar-refractivity contribution is 5.37. The molecule has 2 N–H and O–H groups in total. The molecule has 1 aromatic heterocycles. The minimum Gasteiger partial charge on any atom is -0.488 e. The van der Waals surface area contributed by atoms with E-state index in [-0.39, 0.29) is 18.0 Å². The van der Waals surface area contributed by atoms with Crippen molar-refractivity contribution in [1.82, 2.24) is 4.57 Å². The molecule has 0 saturated heterocycles. The van der Waals surface area contributed by atoms with Crippen molar-refractivity contribution in [3.63, 3.8) is 0 Å². The number of hydrogen-bond donors (Lipinski definition) is 1. The van der Waals surface area contributed by atoms with Crippen molar-refractivity contribution in [3.8, 4) is 5.75 Å². The first-order valence-electron chi connectivity index (χ1n) is 7.49. The lowest BCUT2D eigenvalue weighted by Crippen LogP contribution is -2.21. The summed E-state index contributed by atoms with van der Waals surface area (Å²) in [6, 6.07) is 7.05. The Balaban J connectivity index is 1.61. The van der Waals surface area contributed by atoms with Crippen molar-refractivity contribution in [2.45, 2.75) is 44.9 Å². The van der Waals surface area contributed by atoms with Crippen molar-refractivity contribution in [2.24, 2.45) is 5.73 Å². The van der Waals surface area contributed by atoms with Crippen LogP contribution in [0.25, 0.3) is 0 Å². The number of benzene rings is 1. The van der Waals surface area contributed by atoms with Crippen LogP contribution in [-0.2, 0) is 19.4 Å². The smallest absolute Gasteiger partial charge is 0.123 e. The van der Waals surface area contributed by atoms with Crippen LogP contribution in [0.15, 0.2) is 36.7 Å². The van der Waals surface area contributed by atoms with E-state index in [1.165, 1.54) is 11.6 Å². The van der Waals surface area contributed by atoms with Crippen molar-refractivity contribution < 1.29 is 9.13 Å². The Bertz CT molecular complexity index is 623. The molecule has 2 unspecified atom stereocenters. The molecule has 2 atom stereocenters. The van der Waals surface area contributed by atoms with Crippen LogP contribution < -0.4 is 10.5 Å². The Labute approximate surface area is 124 Å². The molecular formula is C17H21FN2O. The maximum atomic E-state index is 13.2. The minimum atomic E-state index is -0.199. The first kappa shape index (κ1) is 14.1. The number of halogens is 1. The SMILES string of the molecule is CCC(N)Cc1ccn(CC2Cc3cc(F)ccc3O2)c1. The zero-order valence-electron chi connectivity index (χ0n) is 12.3. The fraction of sp³-hybridized carbons (Fsp3) is 0.412. The Hall–Kier alpha value is -1.81. The van der Waals surface area contributed by atoms with Gasteiger partial charge in [0.1, 0.15) is 17.7 Å². The number of ether oxygens (including phenoxy) is 1. The molecule has 3 rings (SSSR count). The number of nitrogens with zero attached hydrogens (tertiary/aromatic N) is 1. The Kier molecular flexibility index (Phi) is 3.97. The summed E-state index contributed by atoms with van der Waals surface area (Å²) in [4.78, 5) is 0. The predicted octanol–water partition coefficient (Wildman–Crippen LogP) is 2.91. The Morgan fingerprint density at radius 1 is 1.43 bits per heavy atom. The first-order chi connectivity index (χ1) is 10.1. The van der Waals surface area contributed by atoms with Crippen molar-refractivity contribution >= 4 is 0 Å². The van der Waals surface area contributed by atoms with Crippen LogP contribution in [0.1, 0.15) is 24.5 Å². The summed E-state index contributed by atoms with van der Waals surface area (Å²) in [5.74, 6) is 0.608. The van der Waals surface area contributed by atoms with Gasteiger partial charge in [-0.05, 0) is 42.7 Å².